The van der Waals surface area contributed by atoms with E-state index >= 15 is 0 Å². The zero-order valence-electron chi connectivity index (χ0n) is 6.55. The summed E-state index contributed by atoms with van der Waals surface area (Å²) in [7, 11) is 0. The Hall–Kier alpha value is 0.0249. The molecule has 0 aliphatic carbocycles. The molecular formula is C8H16BN. The van der Waals surface area contributed by atoms with E-state index in [-0.39, 0.29) is 0 Å². The fraction of sp³-hybridized carbons (Fsp3) is 1.00. The fourth-order valence-corrected chi connectivity index (χ4v) is 2.73. The van der Waals surface area contributed by atoms with Crippen molar-refractivity contribution in [1.82, 2.24) is 0 Å². The van der Waals surface area contributed by atoms with Gasteiger partial charge >= 0.3 is 0 Å². The van der Waals surface area contributed by atoms with Crippen molar-refractivity contribution in [2.75, 3.05) is 0 Å². The molecule has 2 N–H and O–H groups in total. The monoisotopic (exact) mass is 137 g/mol. The minimum absolute atomic E-state index is 0.572. The van der Waals surface area contributed by atoms with Crippen molar-refractivity contribution in [2.24, 2.45) is 5.64 Å². The summed E-state index contributed by atoms with van der Waals surface area (Å²) >= 11 is 0. The fourth-order valence-electron chi connectivity index (χ4n) is 2.73. The van der Waals surface area contributed by atoms with Crippen LogP contribution in [-0.4, -0.2) is 6.85 Å². The van der Waals surface area contributed by atoms with E-state index in [4.69, 9.17) is 5.64 Å². The lowest BCUT2D eigenvalue weighted by molar-refractivity contribution is 0.442. The van der Waals surface area contributed by atoms with Gasteiger partial charge in [0.2, 0.25) is 6.85 Å². The topological polar surface area (TPSA) is 26.0 Å². The van der Waals surface area contributed by atoms with E-state index in [0.29, 0.717) is 6.85 Å². The Kier molecular flexibility index (Phi) is 1.73. The van der Waals surface area contributed by atoms with Crippen LogP contribution in [-0.2, 0) is 0 Å². The molecule has 2 fully saturated rings. The van der Waals surface area contributed by atoms with Gasteiger partial charge in [0.25, 0.3) is 0 Å². The molecule has 2 bridgehead atoms. The second-order valence-electron chi connectivity index (χ2n) is 3.96. The van der Waals surface area contributed by atoms with Crippen LogP contribution < -0.4 is 5.64 Å². The molecule has 0 aromatic heterocycles. The number of nitrogens with two attached hydrogens (primary N) is 1. The summed E-state index contributed by atoms with van der Waals surface area (Å²) in [5, 5.41) is 0. The van der Waals surface area contributed by atoms with Gasteiger partial charge in [-0.05, 0) is 11.6 Å². The van der Waals surface area contributed by atoms with E-state index in [1.165, 1.54) is 38.5 Å². The van der Waals surface area contributed by atoms with Gasteiger partial charge < -0.3 is 5.64 Å². The van der Waals surface area contributed by atoms with E-state index in [2.05, 4.69) is 0 Å². The average molecular weight is 137 g/mol. The van der Waals surface area contributed by atoms with Crippen LogP contribution in [0.25, 0.3) is 0 Å². The molecule has 0 spiro atoms. The first-order valence-corrected chi connectivity index (χ1v) is 4.63. The highest BCUT2D eigenvalue weighted by Gasteiger charge is 2.36. The smallest absolute Gasteiger partial charge is 0.224 e. The largest absolute Gasteiger partial charge is 0.369 e. The molecular weight excluding hydrogens is 121 g/mol. The Morgan fingerprint density at radius 3 is 1.60 bits per heavy atom. The third kappa shape index (κ3) is 0.988. The molecule has 2 aliphatic heterocycles. The molecule has 0 atom stereocenters. The van der Waals surface area contributed by atoms with Crippen LogP contribution in [0.4, 0.5) is 0 Å². The summed E-state index contributed by atoms with van der Waals surface area (Å²) in [6.07, 6.45) is 8.55. The predicted octanol–water partition coefficient (Wildman–Crippen LogP) is 2.04. The van der Waals surface area contributed by atoms with Gasteiger partial charge in [-0.3, -0.25) is 0 Å². The summed E-state index contributed by atoms with van der Waals surface area (Å²) in [5.41, 5.74) is 6.08. The molecule has 1 nitrogen and oxygen atoms in total. The zero-order valence-corrected chi connectivity index (χ0v) is 6.55. The molecule has 2 saturated heterocycles. The SMILES string of the molecule is NB1C2CCCC1CCC2. The van der Waals surface area contributed by atoms with E-state index in [1.54, 1.807) is 0 Å². The van der Waals surface area contributed by atoms with Crippen molar-refractivity contribution in [3.63, 3.8) is 0 Å². The van der Waals surface area contributed by atoms with Gasteiger partial charge in [-0.25, -0.2) is 0 Å². The lowest BCUT2D eigenvalue weighted by Gasteiger charge is -2.37. The molecule has 2 aliphatic rings. The molecule has 0 saturated carbocycles. The summed E-state index contributed by atoms with van der Waals surface area (Å²) < 4.78 is 0. The Bertz CT molecular complexity index is 104. The number of rotatable bonds is 0. The minimum Gasteiger partial charge on any atom is -0.369 e. The van der Waals surface area contributed by atoms with Gasteiger partial charge in [0, 0.05) is 0 Å². The Morgan fingerprint density at radius 1 is 0.900 bits per heavy atom. The Morgan fingerprint density at radius 2 is 1.30 bits per heavy atom. The molecule has 2 rings (SSSR count). The van der Waals surface area contributed by atoms with Crippen LogP contribution in [0, 0.1) is 0 Å². The molecule has 56 valence electrons. The lowest BCUT2D eigenvalue weighted by atomic mass is 9.35. The van der Waals surface area contributed by atoms with Crippen LogP contribution in [0.15, 0.2) is 0 Å². The minimum atomic E-state index is 0.572. The predicted molar refractivity (Wildman–Crippen MR) is 45.1 cm³/mol. The van der Waals surface area contributed by atoms with Gasteiger partial charge in [-0.15, -0.1) is 0 Å². The average Bonchev–Trinajstić information content (AvgIpc) is 1.86. The first kappa shape index (κ1) is 6.72. The summed E-state index contributed by atoms with van der Waals surface area (Å²) in [4.78, 5) is 0. The third-order valence-electron chi connectivity index (χ3n) is 3.39. The zero-order chi connectivity index (χ0) is 6.97. The van der Waals surface area contributed by atoms with Crippen molar-refractivity contribution in [3.8, 4) is 0 Å². The molecule has 0 aromatic rings. The molecule has 0 unspecified atom stereocenters. The maximum atomic E-state index is 6.08. The van der Waals surface area contributed by atoms with Crippen LogP contribution in [0.1, 0.15) is 38.5 Å². The van der Waals surface area contributed by atoms with Crippen molar-refractivity contribution < 1.29 is 0 Å². The Balaban J connectivity index is 2.05. The molecule has 0 amide bonds. The van der Waals surface area contributed by atoms with Gasteiger partial charge in [0.1, 0.15) is 0 Å². The molecule has 2 heterocycles. The van der Waals surface area contributed by atoms with Crippen molar-refractivity contribution in [1.29, 1.82) is 0 Å². The molecule has 0 radical (unpaired) electrons. The first-order valence-electron chi connectivity index (χ1n) is 4.63. The first-order chi connectivity index (χ1) is 4.88. The quantitative estimate of drug-likeness (QED) is 0.508. The van der Waals surface area contributed by atoms with Crippen LogP contribution in [0.3, 0.4) is 0 Å². The van der Waals surface area contributed by atoms with Gasteiger partial charge in [-0.1, -0.05) is 38.5 Å². The standard InChI is InChI=1S/C8H16BN/c10-9-7-3-1-4-8(9)6-2-5-7/h7-8H,1-6,10H2. The van der Waals surface area contributed by atoms with Crippen molar-refractivity contribution in [2.45, 2.75) is 50.2 Å². The van der Waals surface area contributed by atoms with Crippen molar-refractivity contribution >= 4 is 6.85 Å². The second-order valence-corrected chi connectivity index (χ2v) is 3.96. The summed E-state index contributed by atoms with van der Waals surface area (Å²) in [6, 6.07) is 0. The van der Waals surface area contributed by atoms with Crippen LogP contribution in [0.5, 0.6) is 0 Å². The van der Waals surface area contributed by atoms with Crippen LogP contribution in [0.2, 0.25) is 11.6 Å². The Labute approximate surface area is 63.5 Å². The van der Waals surface area contributed by atoms with Crippen LogP contribution >= 0.6 is 0 Å². The second kappa shape index (κ2) is 2.57. The maximum absolute atomic E-state index is 6.08. The summed E-state index contributed by atoms with van der Waals surface area (Å²) in [5.74, 6) is 1.79. The highest BCUT2D eigenvalue weighted by atomic mass is 14.5. The van der Waals surface area contributed by atoms with Gasteiger partial charge in [-0.2, -0.15) is 0 Å². The highest BCUT2D eigenvalue weighted by Crippen LogP contribution is 2.43. The molecule has 2 heteroatoms. The summed E-state index contributed by atoms with van der Waals surface area (Å²) in [6.45, 7) is 0.572. The van der Waals surface area contributed by atoms with Gasteiger partial charge in [0.05, 0.1) is 0 Å². The lowest BCUT2D eigenvalue weighted by Crippen LogP contribution is -2.42. The van der Waals surface area contributed by atoms with Crippen molar-refractivity contribution in [3.05, 3.63) is 0 Å². The van der Waals surface area contributed by atoms with E-state index in [9.17, 15) is 0 Å². The van der Waals surface area contributed by atoms with E-state index in [1.807, 2.05) is 0 Å². The van der Waals surface area contributed by atoms with E-state index in [0.717, 1.165) is 11.6 Å². The van der Waals surface area contributed by atoms with E-state index < -0.39 is 0 Å². The number of fused-ring (bicyclic) bond motifs is 2. The number of hydrogen-bond acceptors (Lipinski definition) is 1. The number of hydrogen-bond donors (Lipinski definition) is 1. The normalized spacial score (nSPS) is 39.9. The molecule has 0 aromatic carbocycles. The third-order valence-corrected chi connectivity index (χ3v) is 3.39. The van der Waals surface area contributed by atoms with Gasteiger partial charge in [0.15, 0.2) is 0 Å². The highest BCUT2D eigenvalue weighted by molar-refractivity contribution is 6.59. The molecule has 10 heavy (non-hydrogen) atoms. The maximum Gasteiger partial charge on any atom is 0.224 e.